The summed E-state index contributed by atoms with van der Waals surface area (Å²) in [5, 5.41) is 10.0. The molecule has 0 bridgehead atoms. The third-order valence-corrected chi connectivity index (χ3v) is 5.52. The number of hydrogen-bond acceptors (Lipinski definition) is 4. The minimum atomic E-state index is -0.273. The molecule has 1 atom stereocenters. The van der Waals surface area contributed by atoms with Crippen LogP contribution in [0.5, 0.6) is 0 Å². The average Bonchev–Trinajstić information content (AvgIpc) is 3.06. The summed E-state index contributed by atoms with van der Waals surface area (Å²) in [6, 6.07) is 6.38. The molecule has 1 amide bonds. The van der Waals surface area contributed by atoms with Gasteiger partial charge in [-0.05, 0) is 39.5 Å². The molecule has 1 aromatic carbocycles. The van der Waals surface area contributed by atoms with Gasteiger partial charge in [-0.2, -0.15) is 5.10 Å². The van der Waals surface area contributed by atoms with E-state index in [2.05, 4.69) is 36.3 Å². The molecule has 1 aromatic heterocycles. The van der Waals surface area contributed by atoms with Gasteiger partial charge >= 0.3 is 0 Å². The molecular formula is C19H24BrFN4O2. The first-order chi connectivity index (χ1) is 13.0. The maximum atomic E-state index is 13.3. The number of nitrogens with one attached hydrogen (secondary N) is 2. The number of rotatable bonds is 6. The van der Waals surface area contributed by atoms with Crippen molar-refractivity contribution >= 4 is 21.8 Å². The van der Waals surface area contributed by atoms with Gasteiger partial charge in [0.15, 0.2) is 5.69 Å². The predicted octanol–water partition coefficient (Wildman–Crippen LogP) is 3.24. The van der Waals surface area contributed by atoms with Gasteiger partial charge in [-0.15, -0.1) is 0 Å². The SMILES string of the molecule is CC(C)c1[nH]nc(C(=O)NCC(c2ccc(F)cc2)N2CCOCC2)c1Br. The number of aromatic amines is 1. The van der Waals surface area contributed by atoms with Crippen LogP contribution in [0.25, 0.3) is 0 Å². The van der Waals surface area contributed by atoms with Crippen molar-refractivity contribution in [1.82, 2.24) is 20.4 Å². The molecule has 146 valence electrons. The molecule has 1 saturated heterocycles. The monoisotopic (exact) mass is 438 g/mol. The predicted molar refractivity (Wildman–Crippen MR) is 104 cm³/mol. The summed E-state index contributed by atoms with van der Waals surface area (Å²) in [6.45, 7) is 7.29. The summed E-state index contributed by atoms with van der Waals surface area (Å²) >= 11 is 3.47. The van der Waals surface area contributed by atoms with E-state index in [0.29, 0.717) is 29.9 Å². The summed E-state index contributed by atoms with van der Waals surface area (Å²) < 4.78 is 19.4. The highest BCUT2D eigenvalue weighted by atomic mass is 79.9. The molecule has 1 aliphatic rings. The Hall–Kier alpha value is -1.77. The number of amides is 1. The van der Waals surface area contributed by atoms with Crippen molar-refractivity contribution in [3.63, 3.8) is 0 Å². The van der Waals surface area contributed by atoms with Gasteiger partial charge in [0.2, 0.25) is 0 Å². The summed E-state index contributed by atoms with van der Waals surface area (Å²) in [6.07, 6.45) is 0. The molecule has 3 rings (SSSR count). The quantitative estimate of drug-likeness (QED) is 0.725. The minimum absolute atomic E-state index is 0.0549. The Bertz CT molecular complexity index is 773. The van der Waals surface area contributed by atoms with E-state index in [9.17, 15) is 9.18 Å². The molecule has 2 heterocycles. The molecule has 0 saturated carbocycles. The van der Waals surface area contributed by atoms with Crippen LogP contribution >= 0.6 is 15.9 Å². The number of morpholine rings is 1. The van der Waals surface area contributed by atoms with E-state index in [1.165, 1.54) is 12.1 Å². The summed E-state index contributed by atoms with van der Waals surface area (Å²) in [5.74, 6) is -0.288. The van der Waals surface area contributed by atoms with Crippen LogP contribution in [0.3, 0.4) is 0 Å². The zero-order chi connectivity index (χ0) is 19.4. The highest BCUT2D eigenvalue weighted by molar-refractivity contribution is 9.10. The lowest BCUT2D eigenvalue weighted by Crippen LogP contribution is -2.43. The number of nitrogens with zero attached hydrogens (tertiary/aromatic N) is 2. The van der Waals surface area contributed by atoms with E-state index in [0.717, 1.165) is 24.3 Å². The van der Waals surface area contributed by atoms with E-state index in [1.807, 2.05) is 13.8 Å². The molecule has 2 N–H and O–H groups in total. The summed E-state index contributed by atoms with van der Waals surface area (Å²) in [5.41, 5.74) is 2.20. The molecule has 8 heteroatoms. The smallest absolute Gasteiger partial charge is 0.273 e. The molecule has 2 aromatic rings. The number of H-pyrrole nitrogens is 1. The molecule has 1 fully saturated rings. The normalized spacial score (nSPS) is 16.5. The lowest BCUT2D eigenvalue weighted by atomic mass is 10.0. The fourth-order valence-electron chi connectivity index (χ4n) is 3.18. The van der Waals surface area contributed by atoms with Crippen molar-refractivity contribution in [1.29, 1.82) is 0 Å². The van der Waals surface area contributed by atoms with Gasteiger partial charge in [-0.3, -0.25) is 14.8 Å². The third kappa shape index (κ3) is 4.75. The van der Waals surface area contributed by atoms with Crippen LogP contribution in [-0.2, 0) is 4.74 Å². The van der Waals surface area contributed by atoms with Gasteiger partial charge in [-0.1, -0.05) is 26.0 Å². The number of carbonyl (C=O) groups is 1. The first kappa shape index (κ1) is 20.0. The topological polar surface area (TPSA) is 70.2 Å². The number of aromatic nitrogens is 2. The number of benzene rings is 1. The Morgan fingerprint density at radius 1 is 1.33 bits per heavy atom. The molecule has 0 aliphatic carbocycles. The van der Waals surface area contributed by atoms with Crippen LogP contribution in [0, 0.1) is 5.82 Å². The van der Waals surface area contributed by atoms with Crippen molar-refractivity contribution in [2.45, 2.75) is 25.8 Å². The number of hydrogen-bond donors (Lipinski definition) is 2. The van der Waals surface area contributed by atoms with Crippen LogP contribution in [0.15, 0.2) is 28.7 Å². The van der Waals surface area contributed by atoms with Crippen LogP contribution in [0.4, 0.5) is 4.39 Å². The maximum absolute atomic E-state index is 13.3. The van der Waals surface area contributed by atoms with Gasteiger partial charge < -0.3 is 10.1 Å². The van der Waals surface area contributed by atoms with Crippen molar-refractivity contribution in [3.05, 3.63) is 51.5 Å². The first-order valence-electron chi connectivity index (χ1n) is 9.06. The standard InChI is InChI=1S/C19H24BrFN4O2/c1-12(2)17-16(20)18(24-23-17)19(26)22-11-15(25-7-9-27-10-8-25)13-3-5-14(21)6-4-13/h3-6,12,15H,7-11H2,1-2H3,(H,22,26)(H,23,24). The van der Waals surface area contributed by atoms with E-state index in [4.69, 9.17) is 4.74 Å². The first-order valence-corrected chi connectivity index (χ1v) is 9.86. The second-order valence-corrected chi connectivity index (χ2v) is 7.67. The van der Waals surface area contributed by atoms with Gasteiger partial charge in [-0.25, -0.2) is 4.39 Å². The van der Waals surface area contributed by atoms with Crippen LogP contribution in [-0.4, -0.2) is 53.9 Å². The number of ether oxygens (including phenoxy) is 1. The maximum Gasteiger partial charge on any atom is 0.273 e. The Morgan fingerprint density at radius 2 is 2.00 bits per heavy atom. The van der Waals surface area contributed by atoms with Crippen molar-refractivity contribution < 1.29 is 13.9 Å². The Kier molecular flexibility index (Phi) is 6.62. The summed E-state index contributed by atoms with van der Waals surface area (Å²) in [7, 11) is 0. The fraction of sp³-hybridized carbons (Fsp3) is 0.474. The van der Waals surface area contributed by atoms with Crippen LogP contribution in [0.1, 0.15) is 47.6 Å². The van der Waals surface area contributed by atoms with E-state index < -0.39 is 0 Å². The zero-order valence-corrected chi connectivity index (χ0v) is 17.1. The van der Waals surface area contributed by atoms with Crippen molar-refractivity contribution in [2.75, 3.05) is 32.8 Å². The van der Waals surface area contributed by atoms with E-state index >= 15 is 0 Å². The number of carbonyl (C=O) groups excluding carboxylic acids is 1. The molecular weight excluding hydrogens is 415 g/mol. The van der Waals surface area contributed by atoms with Crippen molar-refractivity contribution in [3.8, 4) is 0 Å². The fourth-order valence-corrected chi connectivity index (χ4v) is 3.99. The molecule has 1 unspecified atom stereocenters. The largest absolute Gasteiger partial charge is 0.379 e. The van der Waals surface area contributed by atoms with Crippen LogP contribution < -0.4 is 5.32 Å². The molecule has 0 spiro atoms. The highest BCUT2D eigenvalue weighted by Gasteiger charge is 2.25. The van der Waals surface area contributed by atoms with Gasteiger partial charge in [0.05, 0.1) is 29.4 Å². The van der Waals surface area contributed by atoms with Gasteiger partial charge in [0, 0.05) is 19.6 Å². The lowest BCUT2D eigenvalue weighted by Gasteiger charge is -2.34. The van der Waals surface area contributed by atoms with E-state index in [-0.39, 0.29) is 23.7 Å². The number of halogens is 2. The minimum Gasteiger partial charge on any atom is -0.379 e. The van der Waals surface area contributed by atoms with E-state index in [1.54, 1.807) is 12.1 Å². The Balaban J connectivity index is 1.74. The second-order valence-electron chi connectivity index (χ2n) is 6.88. The van der Waals surface area contributed by atoms with Crippen LogP contribution in [0.2, 0.25) is 0 Å². The van der Waals surface area contributed by atoms with Gasteiger partial charge in [0.25, 0.3) is 5.91 Å². The molecule has 27 heavy (non-hydrogen) atoms. The Morgan fingerprint density at radius 3 is 2.59 bits per heavy atom. The zero-order valence-electron chi connectivity index (χ0n) is 15.5. The Labute approximate surface area is 166 Å². The third-order valence-electron chi connectivity index (χ3n) is 4.72. The summed E-state index contributed by atoms with van der Waals surface area (Å²) in [4.78, 5) is 14.9. The average molecular weight is 439 g/mol. The molecule has 0 radical (unpaired) electrons. The second kappa shape index (κ2) is 8.95. The highest BCUT2D eigenvalue weighted by Crippen LogP contribution is 2.26. The molecule has 6 nitrogen and oxygen atoms in total. The van der Waals surface area contributed by atoms with Gasteiger partial charge in [0.1, 0.15) is 5.82 Å². The van der Waals surface area contributed by atoms with Crippen molar-refractivity contribution in [2.24, 2.45) is 0 Å². The molecule has 1 aliphatic heterocycles. The lowest BCUT2D eigenvalue weighted by molar-refractivity contribution is 0.0162.